The molecule has 4 nitrogen and oxygen atoms in total. The van der Waals surface area contributed by atoms with Gasteiger partial charge in [-0.3, -0.25) is 0 Å². The predicted octanol–water partition coefficient (Wildman–Crippen LogP) is 3.47. The minimum atomic E-state index is -0.0414. The highest BCUT2D eigenvalue weighted by atomic mass is 16.5. The minimum absolute atomic E-state index is 0.0414. The van der Waals surface area contributed by atoms with E-state index >= 15 is 0 Å². The van der Waals surface area contributed by atoms with E-state index in [9.17, 15) is 4.79 Å². The molecule has 0 saturated carbocycles. The summed E-state index contributed by atoms with van der Waals surface area (Å²) in [6, 6.07) is 17.7. The maximum Gasteiger partial charge on any atom is 0.317 e. The molecular weight excluding hydrogens is 312 g/mol. The number of carbonyl (C=O) groups excluding carboxylic acids is 1. The predicted molar refractivity (Wildman–Crippen MR) is 100 cm³/mol. The van der Waals surface area contributed by atoms with Gasteiger partial charge in [0, 0.05) is 19.6 Å². The molecule has 25 heavy (non-hydrogen) atoms. The van der Waals surface area contributed by atoms with E-state index in [1.165, 1.54) is 0 Å². The third kappa shape index (κ3) is 6.23. The number of ether oxygens (including phenoxy) is 1. The molecule has 0 bridgehead atoms. The van der Waals surface area contributed by atoms with E-state index in [4.69, 9.17) is 11.2 Å². The van der Waals surface area contributed by atoms with Crippen molar-refractivity contribution >= 4 is 6.03 Å². The van der Waals surface area contributed by atoms with Crippen LogP contribution in [0.5, 0.6) is 5.75 Å². The van der Waals surface area contributed by atoms with Crippen molar-refractivity contribution < 1.29 is 9.53 Å². The molecule has 0 aliphatic rings. The Labute approximate surface area is 149 Å². The van der Waals surface area contributed by atoms with Gasteiger partial charge in [0.25, 0.3) is 0 Å². The quantitative estimate of drug-likeness (QED) is 0.750. The van der Waals surface area contributed by atoms with Gasteiger partial charge in [-0.05, 0) is 36.6 Å². The number of benzene rings is 2. The summed E-state index contributed by atoms with van der Waals surface area (Å²) in [5.74, 6) is 3.19. The molecule has 0 unspecified atom stereocenters. The third-order valence-electron chi connectivity index (χ3n) is 3.82. The van der Waals surface area contributed by atoms with E-state index in [0.717, 1.165) is 23.3 Å². The van der Waals surface area contributed by atoms with Crippen molar-refractivity contribution in [2.75, 3.05) is 19.7 Å². The van der Waals surface area contributed by atoms with Gasteiger partial charge in [-0.25, -0.2) is 4.79 Å². The summed E-state index contributed by atoms with van der Waals surface area (Å²) in [6.07, 6.45) is 5.93. The second-order valence-electron chi connectivity index (χ2n) is 5.62. The first-order valence-electron chi connectivity index (χ1n) is 8.45. The number of carbonyl (C=O) groups is 1. The summed E-state index contributed by atoms with van der Waals surface area (Å²) in [6.45, 7) is 4.13. The lowest BCUT2D eigenvalue weighted by Crippen LogP contribution is -2.40. The Morgan fingerprint density at radius 1 is 1.12 bits per heavy atom. The number of rotatable bonds is 8. The highest BCUT2D eigenvalue weighted by Crippen LogP contribution is 2.12. The molecular formula is C21H24N2O2. The molecule has 0 spiro atoms. The zero-order chi connectivity index (χ0) is 17.9. The molecule has 130 valence electrons. The Kier molecular flexibility index (Phi) is 7.40. The van der Waals surface area contributed by atoms with E-state index in [2.05, 4.69) is 11.2 Å². The van der Waals surface area contributed by atoms with Gasteiger partial charge in [-0.1, -0.05) is 48.4 Å². The number of nitrogens with one attached hydrogen (secondary N) is 1. The molecule has 0 fully saturated rings. The molecule has 2 rings (SSSR count). The van der Waals surface area contributed by atoms with Crippen LogP contribution in [-0.4, -0.2) is 30.6 Å². The monoisotopic (exact) mass is 336 g/mol. The van der Waals surface area contributed by atoms with Gasteiger partial charge in [0.1, 0.15) is 12.4 Å². The van der Waals surface area contributed by atoms with Crippen molar-refractivity contribution in [3.05, 3.63) is 65.7 Å². The number of terminal acetylenes is 1. The number of hydrogen-bond acceptors (Lipinski definition) is 2. The number of nitrogens with zero attached hydrogens (tertiary/aromatic N) is 1. The molecule has 0 radical (unpaired) electrons. The van der Waals surface area contributed by atoms with Gasteiger partial charge in [0.2, 0.25) is 0 Å². The summed E-state index contributed by atoms with van der Waals surface area (Å²) in [7, 11) is 0. The molecule has 2 amide bonds. The Bertz CT molecular complexity index is 690. The van der Waals surface area contributed by atoms with Crippen LogP contribution in [0.15, 0.2) is 54.6 Å². The molecule has 1 N–H and O–H groups in total. The smallest absolute Gasteiger partial charge is 0.317 e. The van der Waals surface area contributed by atoms with E-state index in [1.807, 2.05) is 61.5 Å². The lowest BCUT2D eigenvalue weighted by atomic mass is 10.1. The van der Waals surface area contributed by atoms with Crippen LogP contribution >= 0.6 is 0 Å². The summed E-state index contributed by atoms with van der Waals surface area (Å²) < 4.78 is 5.34. The first kappa shape index (κ1) is 18.4. The van der Waals surface area contributed by atoms with Gasteiger partial charge >= 0.3 is 6.03 Å². The molecule has 0 aliphatic heterocycles. The fraction of sp³-hybridized carbons (Fsp3) is 0.286. The van der Waals surface area contributed by atoms with Crippen LogP contribution in [0.1, 0.15) is 18.1 Å². The fourth-order valence-electron chi connectivity index (χ4n) is 2.43. The van der Waals surface area contributed by atoms with Crippen LogP contribution in [0.3, 0.4) is 0 Å². The molecule has 2 aromatic rings. The number of urea groups is 1. The molecule has 0 saturated heterocycles. The van der Waals surface area contributed by atoms with Crippen LogP contribution in [0.25, 0.3) is 0 Å². The third-order valence-corrected chi connectivity index (χ3v) is 3.82. The van der Waals surface area contributed by atoms with Gasteiger partial charge < -0.3 is 15.0 Å². The number of hydrogen-bond donors (Lipinski definition) is 1. The lowest BCUT2D eigenvalue weighted by Gasteiger charge is -2.21. The highest BCUT2D eigenvalue weighted by molar-refractivity contribution is 5.74. The van der Waals surface area contributed by atoms with Gasteiger partial charge in [-0.2, -0.15) is 0 Å². The molecule has 4 heteroatoms. The van der Waals surface area contributed by atoms with Crippen LogP contribution in [-0.2, 0) is 13.0 Å². The van der Waals surface area contributed by atoms with Crippen molar-refractivity contribution in [3.8, 4) is 18.1 Å². The van der Waals surface area contributed by atoms with E-state index in [1.54, 1.807) is 4.90 Å². The standard InChI is InChI=1S/C21H24N2O2/c1-3-16-25-20-12-10-18(11-13-20)14-15-22-21(24)23(4-2)17-19-8-6-5-7-9-19/h1,5-13H,4,14-17H2,2H3,(H,22,24). The second-order valence-corrected chi connectivity index (χ2v) is 5.62. The fourth-order valence-corrected chi connectivity index (χ4v) is 2.43. The van der Waals surface area contributed by atoms with E-state index in [-0.39, 0.29) is 12.6 Å². The zero-order valence-electron chi connectivity index (χ0n) is 14.6. The summed E-state index contributed by atoms with van der Waals surface area (Å²) in [5.41, 5.74) is 2.27. The summed E-state index contributed by atoms with van der Waals surface area (Å²) in [4.78, 5) is 14.1. The van der Waals surface area contributed by atoms with Crippen molar-refractivity contribution in [3.63, 3.8) is 0 Å². The van der Waals surface area contributed by atoms with Crippen molar-refractivity contribution in [1.82, 2.24) is 10.2 Å². The van der Waals surface area contributed by atoms with Crippen molar-refractivity contribution in [2.45, 2.75) is 19.9 Å². The SMILES string of the molecule is C#CCOc1ccc(CCNC(=O)N(CC)Cc2ccccc2)cc1. The Morgan fingerprint density at radius 2 is 1.84 bits per heavy atom. The van der Waals surface area contributed by atoms with Crippen molar-refractivity contribution in [1.29, 1.82) is 0 Å². The van der Waals surface area contributed by atoms with Crippen LogP contribution in [0.4, 0.5) is 4.79 Å². The second kappa shape index (κ2) is 10.0. The topological polar surface area (TPSA) is 41.6 Å². The van der Waals surface area contributed by atoms with Crippen molar-refractivity contribution in [2.24, 2.45) is 0 Å². The van der Waals surface area contributed by atoms with E-state index in [0.29, 0.717) is 19.6 Å². The maximum absolute atomic E-state index is 12.3. The van der Waals surface area contributed by atoms with Crippen LogP contribution in [0.2, 0.25) is 0 Å². The first-order valence-corrected chi connectivity index (χ1v) is 8.45. The zero-order valence-corrected chi connectivity index (χ0v) is 14.6. The average Bonchev–Trinajstić information content (AvgIpc) is 2.66. The molecule has 0 aliphatic carbocycles. The van der Waals surface area contributed by atoms with Gasteiger partial charge in [0.05, 0.1) is 0 Å². The van der Waals surface area contributed by atoms with Gasteiger partial charge in [-0.15, -0.1) is 6.42 Å². The Hall–Kier alpha value is -2.93. The van der Waals surface area contributed by atoms with Gasteiger partial charge in [0.15, 0.2) is 0 Å². The summed E-state index contributed by atoms with van der Waals surface area (Å²) in [5, 5.41) is 2.98. The largest absolute Gasteiger partial charge is 0.481 e. The molecule has 0 atom stereocenters. The highest BCUT2D eigenvalue weighted by Gasteiger charge is 2.11. The molecule has 0 aromatic heterocycles. The summed E-state index contributed by atoms with van der Waals surface area (Å²) >= 11 is 0. The average molecular weight is 336 g/mol. The Balaban J connectivity index is 1.77. The first-order chi connectivity index (χ1) is 12.2. The van der Waals surface area contributed by atoms with Crippen LogP contribution < -0.4 is 10.1 Å². The van der Waals surface area contributed by atoms with Crippen LogP contribution in [0, 0.1) is 12.3 Å². The normalized spacial score (nSPS) is 9.92. The number of amides is 2. The molecule has 2 aromatic carbocycles. The maximum atomic E-state index is 12.3. The molecule has 0 heterocycles. The minimum Gasteiger partial charge on any atom is -0.481 e. The lowest BCUT2D eigenvalue weighted by molar-refractivity contribution is 0.198. The Morgan fingerprint density at radius 3 is 2.48 bits per heavy atom. The van der Waals surface area contributed by atoms with E-state index < -0.39 is 0 Å².